The van der Waals surface area contributed by atoms with Crippen LogP contribution in [0.5, 0.6) is 0 Å². The lowest BCUT2D eigenvalue weighted by molar-refractivity contribution is 0.171. The highest BCUT2D eigenvalue weighted by molar-refractivity contribution is 5.77. The molecule has 1 aliphatic rings. The van der Waals surface area contributed by atoms with Crippen LogP contribution in [0.2, 0.25) is 0 Å². The number of aryl methyl sites for hydroxylation is 1. The molecule has 1 aromatic carbocycles. The van der Waals surface area contributed by atoms with Crippen molar-refractivity contribution in [3.05, 3.63) is 60.0 Å². The summed E-state index contributed by atoms with van der Waals surface area (Å²) in [5, 5.41) is 9.14. The topological polar surface area (TPSA) is 63.7 Å². The van der Waals surface area contributed by atoms with E-state index < -0.39 is 0 Å². The molecule has 5 heteroatoms. The molecular weight excluding hydrogens is 324 g/mol. The Labute approximate surface area is 152 Å². The molecule has 5 nitrogen and oxygen atoms in total. The number of rotatable bonds is 5. The van der Waals surface area contributed by atoms with Crippen LogP contribution < -0.4 is 0 Å². The van der Waals surface area contributed by atoms with Gasteiger partial charge in [-0.25, -0.2) is 4.98 Å². The molecule has 0 radical (unpaired) electrons. The fourth-order valence-corrected chi connectivity index (χ4v) is 3.51. The Morgan fingerprint density at radius 2 is 1.96 bits per heavy atom. The quantitative estimate of drug-likeness (QED) is 0.708. The van der Waals surface area contributed by atoms with E-state index in [0.29, 0.717) is 11.3 Å². The van der Waals surface area contributed by atoms with Crippen LogP contribution in [-0.4, -0.2) is 28.3 Å². The Morgan fingerprint density at radius 1 is 1.19 bits per heavy atom. The minimum atomic E-state index is 0.200. The summed E-state index contributed by atoms with van der Waals surface area (Å²) in [7, 11) is 3.74. The van der Waals surface area contributed by atoms with E-state index in [1.807, 2.05) is 11.6 Å². The lowest BCUT2D eigenvalue weighted by Gasteiger charge is -2.15. The van der Waals surface area contributed by atoms with E-state index in [2.05, 4.69) is 40.3 Å². The second-order valence-electron chi connectivity index (χ2n) is 6.88. The highest BCUT2D eigenvalue weighted by Gasteiger charge is 2.44. The first-order valence-electron chi connectivity index (χ1n) is 8.64. The van der Waals surface area contributed by atoms with Crippen molar-refractivity contribution in [3.8, 4) is 28.7 Å². The Hall–Kier alpha value is -2.97. The van der Waals surface area contributed by atoms with E-state index in [4.69, 9.17) is 10.00 Å². The predicted molar refractivity (Wildman–Crippen MR) is 99.4 cm³/mol. The molecule has 2 heterocycles. The molecule has 0 amide bonds. The number of nitrogens with zero attached hydrogens (tertiary/aromatic N) is 4. The van der Waals surface area contributed by atoms with Crippen LogP contribution >= 0.6 is 0 Å². The number of nitriles is 1. The molecule has 2 aromatic heterocycles. The summed E-state index contributed by atoms with van der Waals surface area (Å²) in [5.41, 5.74) is 5.69. The second-order valence-corrected chi connectivity index (χ2v) is 6.88. The van der Waals surface area contributed by atoms with Crippen LogP contribution in [0.15, 0.2) is 48.9 Å². The number of aromatic nitrogens is 3. The third-order valence-corrected chi connectivity index (χ3v) is 5.11. The van der Waals surface area contributed by atoms with E-state index in [-0.39, 0.29) is 5.41 Å². The Morgan fingerprint density at radius 3 is 2.62 bits per heavy atom. The van der Waals surface area contributed by atoms with Crippen LogP contribution in [0.1, 0.15) is 24.0 Å². The summed E-state index contributed by atoms with van der Waals surface area (Å²) in [5.74, 6) is 0. The van der Waals surface area contributed by atoms with Crippen LogP contribution in [0.3, 0.4) is 0 Å². The minimum Gasteiger partial charge on any atom is -0.384 e. The summed E-state index contributed by atoms with van der Waals surface area (Å²) >= 11 is 0. The molecule has 130 valence electrons. The van der Waals surface area contributed by atoms with Crippen molar-refractivity contribution in [3.63, 3.8) is 0 Å². The smallest absolute Gasteiger partial charge is 0.115 e. The van der Waals surface area contributed by atoms with Crippen molar-refractivity contribution in [2.24, 2.45) is 7.05 Å². The molecular formula is C21H20N4O. The summed E-state index contributed by atoms with van der Waals surface area (Å²) in [6, 6.07) is 14.3. The summed E-state index contributed by atoms with van der Waals surface area (Å²) < 4.78 is 7.39. The molecule has 1 fully saturated rings. The fourth-order valence-electron chi connectivity index (χ4n) is 3.51. The maximum absolute atomic E-state index is 9.14. The first-order chi connectivity index (χ1) is 12.7. The van der Waals surface area contributed by atoms with Gasteiger partial charge in [-0.15, -0.1) is 0 Å². The lowest BCUT2D eigenvalue weighted by Crippen LogP contribution is -2.13. The monoisotopic (exact) mass is 344 g/mol. The minimum absolute atomic E-state index is 0.200. The van der Waals surface area contributed by atoms with Gasteiger partial charge >= 0.3 is 0 Å². The van der Waals surface area contributed by atoms with Gasteiger partial charge in [-0.1, -0.05) is 24.3 Å². The van der Waals surface area contributed by atoms with Gasteiger partial charge in [0.05, 0.1) is 36.0 Å². The number of methoxy groups -OCH3 is 1. The van der Waals surface area contributed by atoms with Crippen molar-refractivity contribution in [1.29, 1.82) is 5.26 Å². The van der Waals surface area contributed by atoms with E-state index in [9.17, 15) is 0 Å². The van der Waals surface area contributed by atoms with Crippen LogP contribution in [0.25, 0.3) is 22.6 Å². The van der Waals surface area contributed by atoms with E-state index in [1.165, 1.54) is 18.4 Å². The van der Waals surface area contributed by atoms with Crippen molar-refractivity contribution in [1.82, 2.24) is 14.5 Å². The van der Waals surface area contributed by atoms with E-state index in [0.717, 1.165) is 23.6 Å². The van der Waals surface area contributed by atoms with Gasteiger partial charge < -0.3 is 9.30 Å². The number of imidazole rings is 1. The summed E-state index contributed by atoms with van der Waals surface area (Å²) in [4.78, 5) is 8.93. The van der Waals surface area contributed by atoms with Gasteiger partial charge in [0.25, 0.3) is 0 Å². The number of ether oxygens (including phenoxy) is 1. The third kappa shape index (κ3) is 2.79. The molecule has 1 saturated carbocycles. The van der Waals surface area contributed by atoms with Gasteiger partial charge in [-0.2, -0.15) is 5.26 Å². The van der Waals surface area contributed by atoms with Crippen molar-refractivity contribution < 1.29 is 4.74 Å². The zero-order chi connectivity index (χ0) is 18.1. The second kappa shape index (κ2) is 6.40. The number of pyridine rings is 1. The zero-order valence-corrected chi connectivity index (χ0v) is 14.9. The molecule has 0 atom stereocenters. The molecule has 0 bridgehead atoms. The Balaban J connectivity index is 1.73. The first kappa shape index (κ1) is 16.5. The summed E-state index contributed by atoms with van der Waals surface area (Å²) in [6.45, 7) is 0.772. The van der Waals surface area contributed by atoms with E-state index >= 15 is 0 Å². The predicted octanol–water partition coefficient (Wildman–Crippen LogP) is 3.70. The molecule has 0 saturated heterocycles. The summed E-state index contributed by atoms with van der Waals surface area (Å²) in [6.07, 6.45) is 5.80. The molecule has 3 aromatic rings. The number of hydrogen-bond donors (Lipinski definition) is 0. The average molecular weight is 344 g/mol. The SMILES string of the molecule is COCC1(c2ccc(-c3c(-c4cc(C#N)ccn4)ncn3C)cc2)CC1. The van der Waals surface area contributed by atoms with Crippen molar-refractivity contribution in [2.45, 2.75) is 18.3 Å². The standard InChI is InChI=1S/C21H20N4O/c1-25-14-24-19(18-11-15(12-22)7-10-23-18)20(25)16-3-5-17(6-4-16)21(8-9-21)13-26-2/h3-7,10-11,14H,8-9,13H2,1-2H3. The van der Waals surface area contributed by atoms with Gasteiger partial charge in [0.15, 0.2) is 0 Å². The van der Waals surface area contributed by atoms with Crippen molar-refractivity contribution >= 4 is 0 Å². The van der Waals surface area contributed by atoms with Gasteiger partial charge in [-0.3, -0.25) is 4.98 Å². The molecule has 0 aliphatic heterocycles. The Bertz CT molecular complexity index is 978. The van der Waals surface area contributed by atoms with E-state index in [1.54, 1.807) is 31.8 Å². The molecule has 0 unspecified atom stereocenters. The normalized spacial score (nSPS) is 14.8. The Kier molecular flexibility index (Phi) is 4.06. The van der Waals surface area contributed by atoms with Crippen LogP contribution in [-0.2, 0) is 17.2 Å². The maximum Gasteiger partial charge on any atom is 0.115 e. The maximum atomic E-state index is 9.14. The number of benzene rings is 1. The first-order valence-corrected chi connectivity index (χ1v) is 8.64. The fraction of sp³-hybridized carbons (Fsp3) is 0.286. The third-order valence-electron chi connectivity index (χ3n) is 5.11. The molecule has 0 N–H and O–H groups in total. The van der Waals surface area contributed by atoms with Gasteiger partial charge in [0.1, 0.15) is 5.69 Å². The molecule has 0 spiro atoms. The van der Waals surface area contributed by atoms with Gasteiger partial charge in [-0.05, 0) is 30.5 Å². The molecule has 26 heavy (non-hydrogen) atoms. The van der Waals surface area contributed by atoms with Crippen LogP contribution in [0.4, 0.5) is 0 Å². The molecule has 4 rings (SSSR count). The van der Waals surface area contributed by atoms with Gasteiger partial charge in [0, 0.05) is 31.3 Å². The van der Waals surface area contributed by atoms with Crippen molar-refractivity contribution in [2.75, 3.05) is 13.7 Å². The largest absolute Gasteiger partial charge is 0.384 e. The zero-order valence-electron chi connectivity index (χ0n) is 14.9. The molecule has 1 aliphatic carbocycles. The lowest BCUT2D eigenvalue weighted by atomic mass is 9.95. The number of hydrogen-bond acceptors (Lipinski definition) is 4. The highest BCUT2D eigenvalue weighted by Crippen LogP contribution is 2.48. The highest BCUT2D eigenvalue weighted by atomic mass is 16.5. The van der Waals surface area contributed by atoms with Crippen LogP contribution in [0, 0.1) is 11.3 Å². The average Bonchev–Trinajstić information content (AvgIpc) is 3.36. The van der Waals surface area contributed by atoms with Gasteiger partial charge in [0.2, 0.25) is 0 Å².